The number of non-ortho nitro benzene ring substituents is 1. The van der Waals surface area contributed by atoms with Gasteiger partial charge >= 0.3 is 0 Å². The molecule has 0 aliphatic carbocycles. The first-order valence-electron chi connectivity index (χ1n) is 8.30. The average molecular weight is 418 g/mol. The van der Waals surface area contributed by atoms with E-state index >= 15 is 0 Å². The van der Waals surface area contributed by atoms with Gasteiger partial charge in [-0.25, -0.2) is 4.39 Å². The minimum absolute atomic E-state index is 0.119. The molecule has 0 spiro atoms. The van der Waals surface area contributed by atoms with Crippen molar-refractivity contribution in [1.82, 2.24) is 4.90 Å². The maximum atomic E-state index is 13.0. The zero-order valence-corrected chi connectivity index (χ0v) is 16.4. The quantitative estimate of drug-likeness (QED) is 0.297. The molecule has 144 valence electrons. The Morgan fingerprint density at radius 1 is 1.29 bits per heavy atom. The Labute approximate surface area is 170 Å². The Morgan fingerprint density at radius 3 is 2.61 bits per heavy atom. The Hall–Kier alpha value is -2.78. The highest BCUT2D eigenvalue weighted by Gasteiger charge is 2.31. The van der Waals surface area contributed by atoms with Crippen LogP contribution in [-0.4, -0.2) is 26.6 Å². The van der Waals surface area contributed by atoms with Gasteiger partial charge in [0.2, 0.25) is 0 Å². The molecule has 3 rings (SSSR count). The van der Waals surface area contributed by atoms with Gasteiger partial charge in [0.25, 0.3) is 11.6 Å². The number of halogens is 1. The lowest BCUT2D eigenvalue weighted by Gasteiger charge is -2.11. The van der Waals surface area contributed by atoms with Crippen molar-refractivity contribution in [1.29, 1.82) is 0 Å². The molecule has 0 saturated carbocycles. The molecule has 2 aromatic carbocycles. The van der Waals surface area contributed by atoms with Crippen LogP contribution in [-0.2, 0) is 11.4 Å². The van der Waals surface area contributed by atoms with Gasteiger partial charge in [-0.3, -0.25) is 19.8 Å². The van der Waals surface area contributed by atoms with Crippen LogP contribution >= 0.6 is 24.0 Å². The van der Waals surface area contributed by atoms with Crippen molar-refractivity contribution in [3.63, 3.8) is 0 Å². The number of hydrogen-bond acceptors (Lipinski definition) is 6. The summed E-state index contributed by atoms with van der Waals surface area (Å²) in [7, 11) is 0. The third kappa shape index (κ3) is 4.37. The third-order valence-corrected chi connectivity index (χ3v) is 5.37. The van der Waals surface area contributed by atoms with Crippen molar-refractivity contribution in [2.45, 2.75) is 13.5 Å². The van der Waals surface area contributed by atoms with Gasteiger partial charge in [0.15, 0.2) is 0 Å². The molecule has 0 N–H and O–H groups in total. The molecule has 0 bridgehead atoms. The number of rotatable bonds is 6. The maximum Gasteiger partial charge on any atom is 0.270 e. The first-order chi connectivity index (χ1) is 13.4. The minimum Gasteiger partial charge on any atom is -0.488 e. The van der Waals surface area contributed by atoms with Crippen LogP contribution in [0.5, 0.6) is 5.75 Å². The number of ether oxygens (including phenoxy) is 1. The number of likely N-dealkylation sites (N-methyl/N-ethyl adjacent to an activating group) is 1. The molecule has 0 atom stereocenters. The zero-order chi connectivity index (χ0) is 20.3. The number of benzene rings is 2. The van der Waals surface area contributed by atoms with Crippen molar-refractivity contribution < 1.29 is 18.8 Å². The van der Waals surface area contributed by atoms with E-state index in [4.69, 9.17) is 17.0 Å². The SMILES string of the molecule is CCN1C(=O)/C(=C/c2cc([N+](=O)[O-])ccc2OCc2ccc(F)cc2)SC1=S. The number of amides is 1. The Morgan fingerprint density at radius 2 is 2.00 bits per heavy atom. The van der Waals surface area contributed by atoms with Crippen LogP contribution in [0.4, 0.5) is 10.1 Å². The molecule has 1 aliphatic rings. The van der Waals surface area contributed by atoms with Gasteiger partial charge in [-0.15, -0.1) is 0 Å². The predicted molar refractivity (Wildman–Crippen MR) is 109 cm³/mol. The van der Waals surface area contributed by atoms with Gasteiger partial charge in [-0.1, -0.05) is 36.1 Å². The smallest absolute Gasteiger partial charge is 0.270 e. The van der Waals surface area contributed by atoms with Crippen LogP contribution in [0, 0.1) is 15.9 Å². The van der Waals surface area contributed by atoms with Crippen LogP contribution in [0.1, 0.15) is 18.1 Å². The second kappa shape index (κ2) is 8.49. The summed E-state index contributed by atoms with van der Waals surface area (Å²) in [4.78, 5) is 24.9. The summed E-state index contributed by atoms with van der Waals surface area (Å²) in [6.07, 6.45) is 1.54. The summed E-state index contributed by atoms with van der Waals surface area (Å²) in [5.74, 6) is -0.220. The molecule has 2 aromatic rings. The number of nitro benzene ring substituents is 1. The zero-order valence-electron chi connectivity index (χ0n) is 14.8. The third-order valence-electron chi connectivity index (χ3n) is 3.99. The molecule has 0 radical (unpaired) electrons. The van der Waals surface area contributed by atoms with Crippen LogP contribution in [0.25, 0.3) is 6.08 Å². The molecule has 1 fully saturated rings. The molecule has 1 saturated heterocycles. The van der Waals surface area contributed by atoms with Crippen molar-refractivity contribution >= 4 is 46.0 Å². The fourth-order valence-corrected chi connectivity index (χ4v) is 3.92. The summed E-state index contributed by atoms with van der Waals surface area (Å²) in [5.41, 5.74) is 1.02. The van der Waals surface area contributed by atoms with Gasteiger partial charge < -0.3 is 4.74 Å². The number of nitro groups is 1. The van der Waals surface area contributed by atoms with Gasteiger partial charge in [0.05, 0.1) is 9.83 Å². The van der Waals surface area contributed by atoms with Crippen molar-refractivity contribution in [3.8, 4) is 5.75 Å². The molecule has 1 amide bonds. The van der Waals surface area contributed by atoms with E-state index in [1.54, 1.807) is 18.2 Å². The number of nitrogens with zero attached hydrogens (tertiary/aromatic N) is 2. The van der Waals surface area contributed by atoms with Crippen molar-refractivity contribution in [2.75, 3.05) is 6.54 Å². The topological polar surface area (TPSA) is 72.7 Å². The fourth-order valence-electron chi connectivity index (χ4n) is 2.55. The molecule has 28 heavy (non-hydrogen) atoms. The van der Waals surface area contributed by atoms with Crippen LogP contribution in [0.2, 0.25) is 0 Å². The molecule has 1 heterocycles. The second-order valence-electron chi connectivity index (χ2n) is 5.82. The van der Waals surface area contributed by atoms with Gasteiger partial charge in [-0.2, -0.15) is 0 Å². The van der Waals surface area contributed by atoms with E-state index in [2.05, 4.69) is 0 Å². The van der Waals surface area contributed by atoms with Crippen molar-refractivity contribution in [3.05, 3.63) is 74.4 Å². The number of thioether (sulfide) groups is 1. The predicted octanol–water partition coefficient (Wildman–Crippen LogP) is 4.53. The summed E-state index contributed by atoms with van der Waals surface area (Å²) in [6, 6.07) is 9.98. The molecule has 0 unspecified atom stereocenters. The highest BCUT2D eigenvalue weighted by molar-refractivity contribution is 8.26. The van der Waals surface area contributed by atoms with Crippen LogP contribution < -0.4 is 4.74 Å². The lowest BCUT2D eigenvalue weighted by atomic mass is 10.1. The largest absolute Gasteiger partial charge is 0.488 e. The van der Waals surface area contributed by atoms with Crippen LogP contribution in [0.15, 0.2) is 47.4 Å². The van der Waals surface area contributed by atoms with E-state index in [1.807, 2.05) is 6.92 Å². The normalized spacial score (nSPS) is 15.4. The number of carbonyl (C=O) groups excluding carboxylic acids is 1. The van der Waals surface area contributed by atoms with E-state index in [-0.39, 0.29) is 24.0 Å². The van der Waals surface area contributed by atoms with Gasteiger partial charge in [-0.05, 0) is 36.8 Å². The Bertz CT molecular complexity index is 976. The van der Waals surface area contributed by atoms with Crippen molar-refractivity contribution in [2.24, 2.45) is 0 Å². The fraction of sp³-hybridized carbons (Fsp3) is 0.158. The average Bonchev–Trinajstić information content (AvgIpc) is 2.94. The van der Waals surface area contributed by atoms with Crippen LogP contribution in [0.3, 0.4) is 0 Å². The lowest BCUT2D eigenvalue weighted by Crippen LogP contribution is -2.27. The maximum absolute atomic E-state index is 13.0. The molecule has 0 aromatic heterocycles. The van der Waals surface area contributed by atoms with E-state index in [1.165, 1.54) is 35.2 Å². The molecule has 6 nitrogen and oxygen atoms in total. The van der Waals surface area contributed by atoms with E-state index in [9.17, 15) is 19.3 Å². The monoisotopic (exact) mass is 418 g/mol. The summed E-state index contributed by atoms with van der Waals surface area (Å²) >= 11 is 6.33. The van der Waals surface area contributed by atoms with E-state index < -0.39 is 4.92 Å². The second-order valence-corrected chi connectivity index (χ2v) is 7.50. The first-order valence-corrected chi connectivity index (χ1v) is 9.52. The standard InChI is InChI=1S/C19H15FN2O4S2/c1-2-21-18(23)17(28-19(21)27)10-13-9-15(22(24)25)7-8-16(13)26-11-12-3-5-14(20)6-4-12/h3-10H,2,11H2,1H3/b17-10-. The summed E-state index contributed by atoms with van der Waals surface area (Å²) in [6.45, 7) is 2.41. The van der Waals surface area contributed by atoms with Gasteiger partial charge in [0.1, 0.15) is 22.5 Å². The molecular formula is C19H15FN2O4S2. The highest BCUT2D eigenvalue weighted by Crippen LogP contribution is 2.35. The molecule has 1 aliphatic heterocycles. The van der Waals surface area contributed by atoms with E-state index in [0.717, 1.165) is 17.3 Å². The van der Waals surface area contributed by atoms with Gasteiger partial charge in [0, 0.05) is 24.2 Å². The van der Waals surface area contributed by atoms with E-state index in [0.29, 0.717) is 27.1 Å². The minimum atomic E-state index is -0.516. The molecule has 9 heteroatoms. The lowest BCUT2D eigenvalue weighted by molar-refractivity contribution is -0.384. The molecular weight excluding hydrogens is 403 g/mol. The summed E-state index contributed by atoms with van der Waals surface area (Å²) in [5, 5.41) is 11.1. The summed E-state index contributed by atoms with van der Waals surface area (Å²) < 4.78 is 19.2. The Balaban J connectivity index is 1.91. The number of carbonyl (C=O) groups is 1. The Kier molecular flexibility index (Phi) is 6.05. The highest BCUT2D eigenvalue weighted by atomic mass is 32.2. The first kappa shape index (κ1) is 20.0. The number of thiocarbonyl (C=S) groups is 1. The number of hydrogen-bond donors (Lipinski definition) is 0.